The lowest BCUT2D eigenvalue weighted by Crippen LogP contribution is -2.27. The zero-order valence-corrected chi connectivity index (χ0v) is 16.1. The normalized spacial score (nSPS) is 15.7. The Labute approximate surface area is 168 Å². The van der Waals surface area contributed by atoms with E-state index in [1.165, 1.54) is 0 Å². The molecule has 1 aromatic heterocycles. The summed E-state index contributed by atoms with van der Waals surface area (Å²) in [6.45, 7) is 1.36. The summed E-state index contributed by atoms with van der Waals surface area (Å²) in [7, 11) is 1.64. The molecule has 2 aromatic carbocycles. The molecule has 0 aliphatic carbocycles. The minimum Gasteiger partial charge on any atom is -0.497 e. The maximum absolute atomic E-state index is 12.6. The van der Waals surface area contributed by atoms with Crippen molar-refractivity contribution in [3.63, 3.8) is 0 Å². The molecule has 4 rings (SSSR count). The van der Waals surface area contributed by atoms with Gasteiger partial charge in [0.25, 0.3) is 5.91 Å². The predicted octanol–water partition coefficient (Wildman–Crippen LogP) is 3.75. The van der Waals surface area contributed by atoms with Gasteiger partial charge in [-0.15, -0.1) is 0 Å². The Morgan fingerprint density at radius 1 is 1.25 bits per heavy atom. The van der Waals surface area contributed by atoms with Crippen LogP contribution in [0.15, 0.2) is 54.9 Å². The highest BCUT2D eigenvalue weighted by Gasteiger charge is 2.26. The zero-order chi connectivity index (χ0) is 19.5. The van der Waals surface area contributed by atoms with Crippen LogP contribution in [-0.4, -0.2) is 22.6 Å². The van der Waals surface area contributed by atoms with E-state index in [2.05, 4.69) is 10.3 Å². The third-order valence-electron chi connectivity index (χ3n) is 4.80. The molecule has 1 aliphatic rings. The van der Waals surface area contributed by atoms with E-state index in [1.54, 1.807) is 25.6 Å². The number of amides is 1. The lowest BCUT2D eigenvalue weighted by Gasteiger charge is -2.25. The van der Waals surface area contributed by atoms with Crippen molar-refractivity contribution in [2.75, 3.05) is 7.11 Å². The lowest BCUT2D eigenvalue weighted by atomic mass is 10.1. The fourth-order valence-corrected chi connectivity index (χ4v) is 3.33. The number of halogens is 1. The van der Waals surface area contributed by atoms with Crippen LogP contribution in [-0.2, 0) is 24.4 Å². The van der Waals surface area contributed by atoms with Gasteiger partial charge in [-0.05, 0) is 35.4 Å². The van der Waals surface area contributed by atoms with E-state index in [1.807, 2.05) is 41.0 Å². The maximum atomic E-state index is 12.6. The van der Waals surface area contributed by atoms with E-state index < -0.39 is 0 Å². The summed E-state index contributed by atoms with van der Waals surface area (Å²) in [6, 6.07) is 15.2. The van der Waals surface area contributed by atoms with Gasteiger partial charge >= 0.3 is 0 Å². The molecule has 7 heteroatoms. The maximum Gasteiger partial charge on any atom is 0.272 e. The van der Waals surface area contributed by atoms with Crippen molar-refractivity contribution in [2.24, 2.45) is 0 Å². The molecule has 144 valence electrons. The number of imidazole rings is 1. The van der Waals surface area contributed by atoms with Crippen LogP contribution < -0.4 is 10.1 Å². The number of aromatic nitrogens is 2. The van der Waals surface area contributed by atoms with Crippen molar-refractivity contribution >= 4 is 17.5 Å². The Morgan fingerprint density at radius 2 is 2.00 bits per heavy atom. The monoisotopic (exact) mass is 397 g/mol. The second-order valence-corrected chi connectivity index (χ2v) is 7.01. The summed E-state index contributed by atoms with van der Waals surface area (Å²) in [5.74, 6) is 0.595. The van der Waals surface area contributed by atoms with Gasteiger partial charge in [-0.3, -0.25) is 4.79 Å². The van der Waals surface area contributed by atoms with Crippen LogP contribution in [0.1, 0.15) is 33.4 Å². The third-order valence-corrected chi connectivity index (χ3v) is 5.05. The van der Waals surface area contributed by atoms with Gasteiger partial charge in [0.05, 0.1) is 32.3 Å². The van der Waals surface area contributed by atoms with Crippen LogP contribution in [0.2, 0.25) is 5.02 Å². The number of carbonyl (C=O) groups is 1. The Kier molecular flexibility index (Phi) is 5.32. The van der Waals surface area contributed by atoms with Crippen LogP contribution in [0.3, 0.4) is 0 Å². The van der Waals surface area contributed by atoms with Crippen molar-refractivity contribution < 1.29 is 14.3 Å². The number of carbonyl (C=O) groups excluding carboxylic acids is 1. The first kappa shape index (κ1) is 18.5. The van der Waals surface area contributed by atoms with Gasteiger partial charge < -0.3 is 19.4 Å². The number of benzene rings is 2. The average molecular weight is 398 g/mol. The quantitative estimate of drug-likeness (QED) is 0.712. The van der Waals surface area contributed by atoms with Gasteiger partial charge in [0.15, 0.2) is 5.69 Å². The van der Waals surface area contributed by atoms with Crippen LogP contribution in [0, 0.1) is 0 Å². The van der Waals surface area contributed by atoms with E-state index >= 15 is 0 Å². The number of nitrogens with one attached hydrogen (secondary N) is 1. The van der Waals surface area contributed by atoms with E-state index in [-0.39, 0.29) is 12.0 Å². The first-order valence-electron chi connectivity index (χ1n) is 8.96. The topological polar surface area (TPSA) is 65.4 Å². The Hall–Kier alpha value is -2.83. The lowest BCUT2D eigenvalue weighted by molar-refractivity contribution is 0.00255. The number of nitrogens with zero attached hydrogens (tertiary/aromatic N) is 2. The van der Waals surface area contributed by atoms with Gasteiger partial charge in [-0.1, -0.05) is 35.9 Å². The smallest absolute Gasteiger partial charge is 0.272 e. The molecule has 2 heterocycles. The summed E-state index contributed by atoms with van der Waals surface area (Å²) in [5.41, 5.74) is 3.23. The van der Waals surface area contributed by atoms with E-state index in [4.69, 9.17) is 21.1 Å². The van der Waals surface area contributed by atoms with Crippen LogP contribution in [0.4, 0.5) is 0 Å². The van der Waals surface area contributed by atoms with Crippen molar-refractivity contribution in [1.82, 2.24) is 14.9 Å². The van der Waals surface area contributed by atoms with Gasteiger partial charge in [0.1, 0.15) is 11.9 Å². The van der Waals surface area contributed by atoms with Gasteiger partial charge in [0.2, 0.25) is 0 Å². The number of rotatable bonds is 5. The summed E-state index contributed by atoms with van der Waals surface area (Å²) < 4.78 is 13.2. The molecule has 0 unspecified atom stereocenters. The first-order chi connectivity index (χ1) is 13.6. The number of hydrogen-bond acceptors (Lipinski definition) is 4. The molecular formula is C21H20ClN3O3. The molecule has 28 heavy (non-hydrogen) atoms. The Balaban J connectivity index is 1.42. The van der Waals surface area contributed by atoms with Crippen LogP contribution in [0.5, 0.6) is 5.75 Å². The first-order valence-corrected chi connectivity index (χ1v) is 9.34. The van der Waals surface area contributed by atoms with E-state index in [9.17, 15) is 4.79 Å². The summed E-state index contributed by atoms with van der Waals surface area (Å²) >= 11 is 5.89. The zero-order valence-electron chi connectivity index (χ0n) is 15.4. The van der Waals surface area contributed by atoms with Crippen molar-refractivity contribution in [3.05, 3.63) is 82.4 Å². The Morgan fingerprint density at radius 3 is 2.71 bits per heavy atom. The molecule has 0 saturated carbocycles. The number of ether oxygens (including phenoxy) is 2. The van der Waals surface area contributed by atoms with Crippen molar-refractivity contribution in [3.8, 4) is 5.75 Å². The van der Waals surface area contributed by atoms with Crippen molar-refractivity contribution in [1.29, 1.82) is 0 Å². The standard InChI is InChI=1S/C21H20ClN3O3/c1-27-17-8-4-15(5-9-17)19-11-25-13-24-20(18(25)12-28-19)21(26)23-10-14-2-6-16(22)7-3-14/h2-9,13,19H,10-12H2,1H3,(H,23,26)/t19-/m0/s1. The molecule has 0 bridgehead atoms. The molecule has 3 aromatic rings. The third kappa shape index (κ3) is 3.88. The molecule has 0 spiro atoms. The number of methoxy groups -OCH3 is 1. The van der Waals surface area contributed by atoms with E-state index in [0.717, 1.165) is 22.6 Å². The molecular weight excluding hydrogens is 378 g/mol. The second-order valence-electron chi connectivity index (χ2n) is 6.57. The number of fused-ring (bicyclic) bond motifs is 1. The molecule has 1 N–H and O–H groups in total. The largest absolute Gasteiger partial charge is 0.497 e. The summed E-state index contributed by atoms with van der Waals surface area (Å²) in [6.07, 6.45) is 1.61. The molecule has 1 atom stereocenters. The minimum atomic E-state index is -0.213. The molecule has 1 aliphatic heterocycles. The molecule has 0 saturated heterocycles. The van der Waals surface area contributed by atoms with Crippen LogP contribution in [0.25, 0.3) is 0 Å². The van der Waals surface area contributed by atoms with Gasteiger partial charge in [-0.25, -0.2) is 4.98 Å². The Bertz CT molecular complexity index is 968. The van der Waals surface area contributed by atoms with Crippen LogP contribution >= 0.6 is 11.6 Å². The van der Waals surface area contributed by atoms with Gasteiger partial charge in [0, 0.05) is 11.6 Å². The fourth-order valence-electron chi connectivity index (χ4n) is 3.21. The highest BCUT2D eigenvalue weighted by Crippen LogP contribution is 2.28. The summed E-state index contributed by atoms with van der Waals surface area (Å²) in [5, 5.41) is 3.57. The minimum absolute atomic E-state index is 0.0856. The van der Waals surface area contributed by atoms with Gasteiger partial charge in [-0.2, -0.15) is 0 Å². The molecule has 0 fully saturated rings. The molecule has 6 nitrogen and oxygen atoms in total. The highest BCUT2D eigenvalue weighted by molar-refractivity contribution is 6.30. The number of hydrogen-bond donors (Lipinski definition) is 1. The highest BCUT2D eigenvalue weighted by atomic mass is 35.5. The van der Waals surface area contributed by atoms with E-state index in [0.29, 0.717) is 30.4 Å². The second kappa shape index (κ2) is 8.04. The fraction of sp³-hybridized carbons (Fsp3) is 0.238. The SMILES string of the molecule is COc1ccc([C@@H]2Cn3cnc(C(=O)NCc4ccc(Cl)cc4)c3CO2)cc1. The molecule has 1 amide bonds. The molecule has 0 radical (unpaired) electrons. The predicted molar refractivity (Wildman–Crippen MR) is 105 cm³/mol. The average Bonchev–Trinajstić information content (AvgIpc) is 3.16. The summed E-state index contributed by atoms with van der Waals surface area (Å²) in [4.78, 5) is 16.9. The van der Waals surface area contributed by atoms with Crippen molar-refractivity contribution in [2.45, 2.75) is 25.8 Å².